The van der Waals surface area contributed by atoms with Crippen molar-refractivity contribution >= 4 is 17.0 Å². The second kappa shape index (κ2) is 4.54. The molecule has 0 spiro atoms. The van der Waals surface area contributed by atoms with Crippen LogP contribution >= 0.6 is 0 Å². The minimum atomic E-state index is -2.62. The van der Waals surface area contributed by atoms with E-state index in [2.05, 4.69) is 9.88 Å². The molecule has 2 fully saturated rings. The van der Waals surface area contributed by atoms with E-state index in [1.807, 2.05) is 12.1 Å². The summed E-state index contributed by atoms with van der Waals surface area (Å²) in [6, 6.07) is 3.71. The first-order chi connectivity index (χ1) is 10.5. The van der Waals surface area contributed by atoms with Crippen molar-refractivity contribution in [2.75, 3.05) is 18.0 Å². The van der Waals surface area contributed by atoms with Crippen molar-refractivity contribution in [2.24, 2.45) is 13.0 Å². The molecule has 1 aliphatic heterocycles. The molecule has 3 heterocycles. The van der Waals surface area contributed by atoms with Crippen LogP contribution in [0.15, 0.2) is 16.9 Å². The van der Waals surface area contributed by atoms with Crippen LogP contribution in [0, 0.1) is 5.92 Å². The van der Waals surface area contributed by atoms with E-state index in [4.69, 9.17) is 0 Å². The van der Waals surface area contributed by atoms with Crippen molar-refractivity contribution in [2.45, 2.75) is 31.7 Å². The van der Waals surface area contributed by atoms with Crippen LogP contribution in [0.25, 0.3) is 11.2 Å². The molecular formula is C15H18F2N4O. The molecular weight excluding hydrogens is 290 g/mol. The number of nitrogens with zero attached hydrogens (tertiary/aromatic N) is 4. The first-order valence-corrected chi connectivity index (χ1v) is 7.66. The third kappa shape index (κ3) is 2.02. The van der Waals surface area contributed by atoms with E-state index >= 15 is 0 Å². The predicted octanol–water partition coefficient (Wildman–Crippen LogP) is 1.99. The molecule has 1 aliphatic carbocycles. The lowest BCUT2D eigenvalue weighted by atomic mass is 10.3. The quantitative estimate of drug-likeness (QED) is 0.871. The monoisotopic (exact) mass is 308 g/mol. The minimum Gasteiger partial charge on any atom is -0.357 e. The summed E-state index contributed by atoms with van der Waals surface area (Å²) in [7, 11) is 1.65. The van der Waals surface area contributed by atoms with E-state index in [0.717, 1.165) is 31.7 Å². The van der Waals surface area contributed by atoms with E-state index in [9.17, 15) is 13.6 Å². The van der Waals surface area contributed by atoms with Crippen molar-refractivity contribution in [3.05, 3.63) is 22.6 Å². The van der Waals surface area contributed by atoms with Gasteiger partial charge in [-0.3, -0.25) is 9.13 Å². The third-order valence-electron chi connectivity index (χ3n) is 4.75. The lowest BCUT2D eigenvalue weighted by Crippen LogP contribution is -2.23. The molecule has 0 radical (unpaired) electrons. The standard InChI is InChI=1S/C15H18F2N4O/c1-19-13-11(4-5-12(18-13)20-6-2-3-7-20)21(14(19)22)9-10-8-15(10,16)17/h4-5,10H,2-3,6-9H2,1H3. The van der Waals surface area contributed by atoms with Crippen molar-refractivity contribution in [3.63, 3.8) is 0 Å². The molecule has 118 valence electrons. The van der Waals surface area contributed by atoms with Crippen LogP contribution in [0.1, 0.15) is 19.3 Å². The van der Waals surface area contributed by atoms with E-state index < -0.39 is 11.8 Å². The molecule has 7 heteroatoms. The van der Waals surface area contributed by atoms with E-state index in [0.29, 0.717) is 11.2 Å². The normalized spacial score (nSPS) is 23.4. The topological polar surface area (TPSA) is 43.1 Å². The Morgan fingerprint density at radius 1 is 1.32 bits per heavy atom. The fourth-order valence-corrected chi connectivity index (χ4v) is 3.25. The van der Waals surface area contributed by atoms with Gasteiger partial charge in [0.2, 0.25) is 0 Å². The van der Waals surface area contributed by atoms with Gasteiger partial charge in [-0.05, 0) is 25.0 Å². The maximum atomic E-state index is 13.1. The Labute approximate surface area is 126 Å². The molecule has 1 saturated carbocycles. The van der Waals surface area contributed by atoms with Crippen LogP contribution < -0.4 is 10.6 Å². The van der Waals surface area contributed by atoms with Gasteiger partial charge in [-0.15, -0.1) is 0 Å². The van der Waals surface area contributed by atoms with Crippen LogP contribution in [0.5, 0.6) is 0 Å². The van der Waals surface area contributed by atoms with Gasteiger partial charge in [0, 0.05) is 39.0 Å². The van der Waals surface area contributed by atoms with Crippen LogP contribution in [0.4, 0.5) is 14.6 Å². The van der Waals surface area contributed by atoms with Gasteiger partial charge in [0.25, 0.3) is 5.92 Å². The number of anilines is 1. The first kappa shape index (κ1) is 13.7. The molecule has 1 saturated heterocycles. The summed E-state index contributed by atoms with van der Waals surface area (Å²) in [5.74, 6) is -2.49. The smallest absolute Gasteiger partial charge is 0.330 e. The molecule has 4 rings (SSSR count). The minimum absolute atomic E-state index is 0.0634. The summed E-state index contributed by atoms with van der Waals surface area (Å²) in [6.07, 6.45) is 2.17. The number of halogens is 2. The number of imidazole rings is 1. The molecule has 1 atom stereocenters. The van der Waals surface area contributed by atoms with Crippen LogP contribution in [-0.2, 0) is 13.6 Å². The number of pyridine rings is 1. The highest BCUT2D eigenvalue weighted by molar-refractivity contribution is 5.74. The summed E-state index contributed by atoms with van der Waals surface area (Å²) in [4.78, 5) is 19.1. The number of aryl methyl sites for hydroxylation is 1. The molecule has 0 bridgehead atoms. The zero-order valence-electron chi connectivity index (χ0n) is 12.4. The van der Waals surface area contributed by atoms with Gasteiger partial charge in [-0.1, -0.05) is 0 Å². The number of hydrogen-bond donors (Lipinski definition) is 0. The van der Waals surface area contributed by atoms with Crippen LogP contribution in [0.2, 0.25) is 0 Å². The zero-order chi connectivity index (χ0) is 15.5. The van der Waals surface area contributed by atoms with E-state index in [-0.39, 0.29) is 18.7 Å². The average molecular weight is 308 g/mol. The molecule has 22 heavy (non-hydrogen) atoms. The summed E-state index contributed by atoms with van der Waals surface area (Å²) < 4.78 is 29.2. The third-order valence-corrected chi connectivity index (χ3v) is 4.75. The first-order valence-electron chi connectivity index (χ1n) is 7.66. The second-order valence-corrected chi connectivity index (χ2v) is 6.32. The zero-order valence-corrected chi connectivity index (χ0v) is 12.4. The summed E-state index contributed by atoms with van der Waals surface area (Å²) in [5.41, 5.74) is 0.931. The van der Waals surface area contributed by atoms with Crippen LogP contribution in [-0.4, -0.2) is 33.1 Å². The molecule has 2 aliphatic rings. The Morgan fingerprint density at radius 2 is 2.00 bits per heavy atom. The Kier molecular flexibility index (Phi) is 2.83. The van der Waals surface area contributed by atoms with Crippen molar-refractivity contribution < 1.29 is 8.78 Å². The van der Waals surface area contributed by atoms with E-state index in [1.165, 1.54) is 9.13 Å². The maximum Gasteiger partial charge on any atom is 0.330 e. The molecule has 2 aromatic rings. The highest BCUT2D eigenvalue weighted by Gasteiger charge is 2.57. The molecule has 0 aromatic carbocycles. The van der Waals surface area contributed by atoms with Gasteiger partial charge < -0.3 is 4.90 Å². The van der Waals surface area contributed by atoms with Gasteiger partial charge >= 0.3 is 5.69 Å². The Balaban J connectivity index is 1.75. The molecule has 1 unspecified atom stereocenters. The van der Waals surface area contributed by atoms with Gasteiger partial charge in [0.15, 0.2) is 5.65 Å². The lowest BCUT2D eigenvalue weighted by Gasteiger charge is -2.16. The van der Waals surface area contributed by atoms with Crippen molar-refractivity contribution in [3.8, 4) is 0 Å². The number of alkyl halides is 2. The van der Waals surface area contributed by atoms with Gasteiger partial charge in [-0.25, -0.2) is 18.6 Å². The predicted molar refractivity (Wildman–Crippen MR) is 79.5 cm³/mol. The van der Waals surface area contributed by atoms with Gasteiger partial charge in [-0.2, -0.15) is 0 Å². The highest BCUT2D eigenvalue weighted by atomic mass is 19.3. The summed E-state index contributed by atoms with van der Waals surface area (Å²) in [6.45, 7) is 2.01. The fourth-order valence-electron chi connectivity index (χ4n) is 3.25. The van der Waals surface area contributed by atoms with E-state index in [1.54, 1.807) is 7.05 Å². The number of hydrogen-bond acceptors (Lipinski definition) is 3. The van der Waals surface area contributed by atoms with Crippen molar-refractivity contribution in [1.29, 1.82) is 0 Å². The number of aromatic nitrogens is 3. The summed E-state index contributed by atoms with van der Waals surface area (Å²) >= 11 is 0. The second-order valence-electron chi connectivity index (χ2n) is 6.32. The highest BCUT2D eigenvalue weighted by Crippen LogP contribution is 2.49. The largest absolute Gasteiger partial charge is 0.357 e. The lowest BCUT2D eigenvalue weighted by molar-refractivity contribution is 0.0951. The molecule has 5 nitrogen and oxygen atoms in total. The average Bonchev–Trinajstić information content (AvgIpc) is 2.86. The Morgan fingerprint density at radius 3 is 2.64 bits per heavy atom. The number of rotatable bonds is 3. The van der Waals surface area contributed by atoms with Gasteiger partial charge in [0.05, 0.1) is 5.52 Å². The Hall–Kier alpha value is -1.92. The molecule has 0 N–H and O–H groups in total. The number of fused-ring (bicyclic) bond motifs is 1. The Bertz CT molecular complexity index is 789. The maximum absolute atomic E-state index is 13.1. The molecule has 2 aromatic heterocycles. The van der Waals surface area contributed by atoms with Gasteiger partial charge in [0.1, 0.15) is 5.82 Å². The fraction of sp³-hybridized carbons (Fsp3) is 0.600. The SMILES string of the molecule is Cn1c(=O)n(CC2CC2(F)F)c2ccc(N3CCCC3)nc21. The molecule has 0 amide bonds. The van der Waals surface area contributed by atoms with Crippen LogP contribution in [0.3, 0.4) is 0 Å². The van der Waals surface area contributed by atoms with Crippen molar-refractivity contribution in [1.82, 2.24) is 14.1 Å². The summed E-state index contributed by atoms with van der Waals surface area (Å²) in [5, 5.41) is 0.